The van der Waals surface area contributed by atoms with E-state index in [-0.39, 0.29) is 5.91 Å². The van der Waals surface area contributed by atoms with Crippen LogP contribution in [0.2, 0.25) is 0 Å². The molecule has 0 bridgehead atoms. The summed E-state index contributed by atoms with van der Waals surface area (Å²) in [5, 5.41) is 9.87. The number of methoxy groups -OCH3 is 1. The molecule has 1 heterocycles. The van der Waals surface area contributed by atoms with Crippen LogP contribution < -0.4 is 0 Å². The molecule has 1 aromatic carbocycles. The maximum Gasteiger partial charge on any atom is 0.311 e. The molecule has 5 nitrogen and oxygen atoms in total. The number of carboxylic acids is 1. The number of piperidine rings is 1. The topological polar surface area (TPSA) is 66.8 Å². The number of amides is 1. The van der Waals surface area contributed by atoms with Gasteiger partial charge in [0, 0.05) is 26.8 Å². The van der Waals surface area contributed by atoms with Crippen LogP contribution in [0.15, 0.2) is 24.3 Å². The largest absolute Gasteiger partial charge is 0.481 e. The number of carboxylic acid groups (broad SMARTS) is 1. The maximum atomic E-state index is 13.3. The number of aryl methyl sites for hydroxylation is 1. The second-order valence-electron chi connectivity index (χ2n) is 7.96. The van der Waals surface area contributed by atoms with E-state index < -0.39 is 16.8 Å². The summed E-state index contributed by atoms with van der Waals surface area (Å²) in [6.45, 7) is 3.57. The zero-order valence-electron chi connectivity index (χ0n) is 15.8. The highest BCUT2D eigenvalue weighted by molar-refractivity contribution is 5.92. The fourth-order valence-electron chi connectivity index (χ4n) is 4.27. The van der Waals surface area contributed by atoms with Crippen molar-refractivity contribution in [2.75, 3.05) is 26.8 Å². The lowest BCUT2D eigenvalue weighted by Gasteiger charge is -2.41. The third-order valence-electron chi connectivity index (χ3n) is 6.09. The minimum Gasteiger partial charge on any atom is -0.481 e. The summed E-state index contributed by atoms with van der Waals surface area (Å²) < 4.78 is 5.09. The zero-order valence-corrected chi connectivity index (χ0v) is 15.8. The van der Waals surface area contributed by atoms with Gasteiger partial charge in [-0.15, -0.1) is 0 Å². The van der Waals surface area contributed by atoms with Gasteiger partial charge in [0.2, 0.25) is 5.91 Å². The molecule has 26 heavy (non-hydrogen) atoms. The molecule has 5 heteroatoms. The van der Waals surface area contributed by atoms with Gasteiger partial charge < -0.3 is 14.7 Å². The lowest BCUT2D eigenvalue weighted by molar-refractivity contribution is -0.156. The van der Waals surface area contributed by atoms with Crippen molar-refractivity contribution < 1.29 is 19.4 Å². The van der Waals surface area contributed by atoms with Gasteiger partial charge in [-0.25, -0.2) is 0 Å². The summed E-state index contributed by atoms with van der Waals surface area (Å²) in [7, 11) is 1.63. The summed E-state index contributed by atoms with van der Waals surface area (Å²) in [5.74, 6) is -0.676. The Morgan fingerprint density at radius 3 is 2.46 bits per heavy atom. The van der Waals surface area contributed by atoms with Crippen LogP contribution in [-0.4, -0.2) is 48.7 Å². The second-order valence-corrected chi connectivity index (χ2v) is 7.96. The molecule has 0 spiro atoms. The Hall–Kier alpha value is -1.88. The van der Waals surface area contributed by atoms with Crippen molar-refractivity contribution in [1.29, 1.82) is 0 Å². The predicted molar refractivity (Wildman–Crippen MR) is 99.1 cm³/mol. The van der Waals surface area contributed by atoms with Crippen molar-refractivity contribution in [2.45, 2.75) is 50.9 Å². The van der Waals surface area contributed by atoms with Crippen molar-refractivity contribution in [3.63, 3.8) is 0 Å². The average Bonchev–Trinajstić information content (AvgIpc) is 3.44. The molecule has 142 valence electrons. The van der Waals surface area contributed by atoms with E-state index in [0.717, 1.165) is 24.8 Å². The van der Waals surface area contributed by atoms with Crippen LogP contribution in [0.1, 0.15) is 49.7 Å². The van der Waals surface area contributed by atoms with Crippen molar-refractivity contribution in [1.82, 2.24) is 4.90 Å². The fraction of sp³-hybridized carbons (Fsp3) is 0.619. The van der Waals surface area contributed by atoms with Gasteiger partial charge >= 0.3 is 5.97 Å². The molecule has 2 fully saturated rings. The van der Waals surface area contributed by atoms with Crippen LogP contribution in [0.4, 0.5) is 0 Å². The Morgan fingerprint density at radius 1 is 1.19 bits per heavy atom. The Balaban J connectivity index is 1.77. The van der Waals surface area contributed by atoms with Crippen molar-refractivity contribution >= 4 is 11.9 Å². The summed E-state index contributed by atoms with van der Waals surface area (Å²) in [5.41, 5.74) is 0.981. The Labute approximate surface area is 155 Å². The first-order valence-corrected chi connectivity index (χ1v) is 9.52. The van der Waals surface area contributed by atoms with E-state index in [2.05, 4.69) is 0 Å². The highest BCUT2D eigenvalue weighted by Crippen LogP contribution is 2.50. The Bertz CT molecular complexity index is 665. The number of carbonyl (C=O) groups excluding carboxylic acids is 1. The van der Waals surface area contributed by atoms with Gasteiger partial charge in [0.15, 0.2) is 0 Å². The smallest absolute Gasteiger partial charge is 0.311 e. The van der Waals surface area contributed by atoms with Gasteiger partial charge in [-0.3, -0.25) is 9.59 Å². The summed E-state index contributed by atoms with van der Waals surface area (Å²) in [6, 6.07) is 8.19. The number of nitrogens with zero attached hydrogens (tertiary/aromatic N) is 1. The minimum absolute atomic E-state index is 0.110. The molecule has 1 atom stereocenters. The molecular formula is C21H29NO4. The predicted octanol–water partition coefficient (Wildman–Crippen LogP) is 3.15. The lowest BCUT2D eigenvalue weighted by Crippen LogP contribution is -2.52. The van der Waals surface area contributed by atoms with Crippen LogP contribution in [0.5, 0.6) is 0 Å². The van der Waals surface area contributed by atoms with E-state index in [1.807, 2.05) is 36.1 Å². The van der Waals surface area contributed by atoms with Crippen LogP contribution in [0.25, 0.3) is 0 Å². The number of ether oxygens (including phenoxy) is 1. The van der Waals surface area contributed by atoms with Gasteiger partial charge in [0.1, 0.15) is 0 Å². The van der Waals surface area contributed by atoms with Crippen LogP contribution >= 0.6 is 0 Å². The average molecular weight is 359 g/mol. The number of hydrogen-bond acceptors (Lipinski definition) is 3. The molecule has 1 aliphatic carbocycles. The minimum atomic E-state index is -0.838. The van der Waals surface area contributed by atoms with Gasteiger partial charge in [0.25, 0.3) is 0 Å². The second kappa shape index (κ2) is 7.39. The molecule has 3 rings (SSSR count). The number of hydrogen-bond donors (Lipinski definition) is 1. The highest BCUT2D eigenvalue weighted by atomic mass is 16.5. The van der Waals surface area contributed by atoms with Gasteiger partial charge in [-0.05, 0) is 51.0 Å². The fourth-order valence-corrected chi connectivity index (χ4v) is 4.27. The molecule has 0 unspecified atom stereocenters. The van der Waals surface area contributed by atoms with Gasteiger partial charge in [-0.1, -0.05) is 29.8 Å². The molecule has 2 aliphatic rings. The number of rotatable bonds is 7. The Morgan fingerprint density at radius 2 is 1.88 bits per heavy atom. The quantitative estimate of drug-likeness (QED) is 0.760. The van der Waals surface area contributed by atoms with Crippen LogP contribution in [-0.2, 0) is 19.7 Å². The first kappa shape index (κ1) is 18.9. The zero-order chi connectivity index (χ0) is 18.8. The molecule has 0 aromatic heterocycles. The van der Waals surface area contributed by atoms with E-state index in [1.54, 1.807) is 7.11 Å². The normalized spacial score (nSPS) is 24.3. The number of aliphatic carboxylic acids is 1. The molecule has 0 radical (unpaired) electrons. The summed E-state index contributed by atoms with van der Waals surface area (Å²) in [6.07, 6.45) is 4.35. The highest BCUT2D eigenvalue weighted by Gasteiger charge is 2.55. The lowest BCUT2D eigenvalue weighted by atomic mass is 9.75. The number of likely N-dealkylation sites (tertiary alicyclic amines) is 1. The van der Waals surface area contributed by atoms with Crippen molar-refractivity contribution in [2.24, 2.45) is 5.41 Å². The van der Waals surface area contributed by atoms with Gasteiger partial charge in [0.05, 0.1) is 10.8 Å². The van der Waals surface area contributed by atoms with E-state index in [1.165, 1.54) is 5.56 Å². The van der Waals surface area contributed by atoms with E-state index >= 15 is 0 Å². The van der Waals surface area contributed by atoms with Crippen molar-refractivity contribution in [3.8, 4) is 0 Å². The standard InChI is InChI=1S/C21H29NO4/c1-16-5-7-17(8-6-16)21(11-12-21)18(23)22-13-3-9-20(15-22,19(24)25)10-4-14-26-2/h5-8H,3-4,9-15H2,1-2H3,(H,24,25)/t20-/m1/s1. The molecule has 1 N–H and O–H groups in total. The SMILES string of the molecule is COCCC[C@]1(C(=O)O)CCCN(C(=O)C2(c3ccc(C)cc3)CC2)C1. The van der Waals surface area contributed by atoms with Gasteiger partial charge in [-0.2, -0.15) is 0 Å². The number of carbonyl (C=O) groups is 2. The van der Waals surface area contributed by atoms with Crippen LogP contribution in [0.3, 0.4) is 0 Å². The summed E-state index contributed by atoms with van der Waals surface area (Å²) in [4.78, 5) is 27.2. The first-order chi connectivity index (χ1) is 12.4. The van der Waals surface area contributed by atoms with E-state index in [9.17, 15) is 14.7 Å². The van der Waals surface area contributed by atoms with E-state index in [4.69, 9.17) is 4.74 Å². The maximum absolute atomic E-state index is 13.3. The molecule has 1 saturated carbocycles. The Kier molecular flexibility index (Phi) is 5.37. The molecule has 1 saturated heterocycles. The monoisotopic (exact) mass is 359 g/mol. The molecule has 1 amide bonds. The molecule has 1 aromatic rings. The first-order valence-electron chi connectivity index (χ1n) is 9.52. The van der Waals surface area contributed by atoms with E-state index in [0.29, 0.717) is 39.0 Å². The molecule has 1 aliphatic heterocycles. The third-order valence-corrected chi connectivity index (χ3v) is 6.09. The number of benzene rings is 1. The van der Waals surface area contributed by atoms with Crippen molar-refractivity contribution in [3.05, 3.63) is 35.4 Å². The summed E-state index contributed by atoms with van der Waals surface area (Å²) >= 11 is 0. The van der Waals surface area contributed by atoms with Crippen LogP contribution in [0, 0.1) is 12.3 Å². The third kappa shape index (κ3) is 3.50. The molecular weight excluding hydrogens is 330 g/mol.